The van der Waals surface area contributed by atoms with Gasteiger partial charge in [-0.15, -0.1) is 0 Å². The number of fused-ring (bicyclic) bond motifs is 1. The summed E-state index contributed by atoms with van der Waals surface area (Å²) in [5.74, 6) is 1.15. The largest absolute Gasteiger partial charge is 0.494 e. The lowest BCUT2D eigenvalue weighted by Crippen LogP contribution is -2.06. The second kappa shape index (κ2) is 6.61. The minimum atomic E-state index is 0.332. The summed E-state index contributed by atoms with van der Waals surface area (Å²) in [6.07, 6.45) is 0. The van der Waals surface area contributed by atoms with Gasteiger partial charge >= 0.3 is 0 Å². The highest BCUT2D eigenvalue weighted by Gasteiger charge is 2.18. The van der Waals surface area contributed by atoms with Crippen molar-refractivity contribution in [1.82, 2.24) is 4.98 Å². The standard InChI is InChI=1S/C14H19ClN2O2S/c1-8(2)9-7-10(15)13-11(12(9)19-4)17-14(20-13)16-5-6-18-3/h7-8H,5-6H2,1-4H3,(H,16,17). The first-order chi connectivity index (χ1) is 9.58. The Morgan fingerprint density at radius 3 is 2.75 bits per heavy atom. The fourth-order valence-electron chi connectivity index (χ4n) is 2.02. The Bertz CT molecular complexity index is 598. The monoisotopic (exact) mass is 314 g/mol. The van der Waals surface area contributed by atoms with Crippen molar-refractivity contribution >= 4 is 38.3 Å². The fraction of sp³-hybridized carbons (Fsp3) is 0.500. The van der Waals surface area contributed by atoms with E-state index in [-0.39, 0.29) is 0 Å². The van der Waals surface area contributed by atoms with Gasteiger partial charge in [0, 0.05) is 19.2 Å². The number of hydrogen-bond acceptors (Lipinski definition) is 5. The van der Waals surface area contributed by atoms with Gasteiger partial charge in [0.15, 0.2) is 5.13 Å². The Hall–Kier alpha value is -1.04. The zero-order chi connectivity index (χ0) is 14.7. The van der Waals surface area contributed by atoms with Crippen LogP contribution in [0.2, 0.25) is 5.02 Å². The number of benzene rings is 1. The third-order valence-corrected chi connectivity index (χ3v) is 4.47. The van der Waals surface area contributed by atoms with E-state index in [2.05, 4.69) is 24.1 Å². The molecule has 0 fully saturated rings. The SMILES string of the molecule is COCCNc1nc2c(OC)c(C(C)C)cc(Cl)c2s1. The van der Waals surface area contributed by atoms with E-state index in [1.54, 1.807) is 14.2 Å². The molecule has 110 valence electrons. The van der Waals surface area contributed by atoms with E-state index in [1.807, 2.05) is 6.07 Å². The first-order valence-electron chi connectivity index (χ1n) is 6.48. The second-order valence-electron chi connectivity index (χ2n) is 4.75. The molecule has 0 aliphatic heterocycles. The van der Waals surface area contributed by atoms with Crippen molar-refractivity contribution < 1.29 is 9.47 Å². The average molecular weight is 315 g/mol. The van der Waals surface area contributed by atoms with Crippen LogP contribution in [0.15, 0.2) is 6.07 Å². The molecule has 1 N–H and O–H groups in total. The van der Waals surface area contributed by atoms with E-state index < -0.39 is 0 Å². The Balaban J connectivity index is 2.46. The molecule has 0 atom stereocenters. The van der Waals surface area contributed by atoms with E-state index in [0.717, 1.165) is 31.7 Å². The number of nitrogens with zero attached hydrogens (tertiary/aromatic N) is 1. The van der Waals surface area contributed by atoms with Crippen molar-refractivity contribution in [1.29, 1.82) is 0 Å². The van der Waals surface area contributed by atoms with Gasteiger partial charge in [-0.05, 0) is 12.0 Å². The van der Waals surface area contributed by atoms with Crippen LogP contribution in [0.3, 0.4) is 0 Å². The summed E-state index contributed by atoms with van der Waals surface area (Å²) in [5.41, 5.74) is 1.91. The molecule has 20 heavy (non-hydrogen) atoms. The van der Waals surface area contributed by atoms with Gasteiger partial charge in [0.2, 0.25) is 0 Å². The Labute approximate surface area is 128 Å². The third kappa shape index (κ3) is 3.00. The zero-order valence-corrected chi connectivity index (χ0v) is 13.7. The topological polar surface area (TPSA) is 43.4 Å². The maximum atomic E-state index is 6.37. The van der Waals surface area contributed by atoms with E-state index in [1.165, 1.54) is 11.3 Å². The van der Waals surface area contributed by atoms with Crippen LogP contribution in [-0.2, 0) is 4.74 Å². The van der Waals surface area contributed by atoms with E-state index in [0.29, 0.717) is 19.1 Å². The molecule has 6 heteroatoms. The predicted octanol–water partition coefficient (Wildman–Crippen LogP) is 4.14. The molecule has 0 radical (unpaired) electrons. The van der Waals surface area contributed by atoms with Crippen molar-refractivity contribution in [3.8, 4) is 5.75 Å². The van der Waals surface area contributed by atoms with E-state index in [4.69, 9.17) is 21.1 Å². The molecule has 1 heterocycles. The summed E-state index contributed by atoms with van der Waals surface area (Å²) >= 11 is 7.91. The molecule has 2 rings (SSSR count). The molecule has 0 bridgehead atoms. The fourth-order valence-corrected chi connectivity index (χ4v) is 3.24. The summed E-state index contributed by atoms with van der Waals surface area (Å²) in [7, 11) is 3.35. The quantitative estimate of drug-likeness (QED) is 0.814. The van der Waals surface area contributed by atoms with Crippen molar-refractivity contribution in [3.63, 3.8) is 0 Å². The summed E-state index contributed by atoms with van der Waals surface area (Å²) < 4.78 is 11.5. The predicted molar refractivity (Wildman–Crippen MR) is 85.6 cm³/mol. The number of hydrogen-bond donors (Lipinski definition) is 1. The number of methoxy groups -OCH3 is 2. The summed E-state index contributed by atoms with van der Waals surface area (Å²) in [4.78, 5) is 4.60. The van der Waals surface area contributed by atoms with Crippen LogP contribution in [0, 0.1) is 0 Å². The molecule has 4 nitrogen and oxygen atoms in total. The number of halogens is 1. The van der Waals surface area contributed by atoms with Crippen molar-refractivity contribution in [2.45, 2.75) is 19.8 Å². The first-order valence-corrected chi connectivity index (χ1v) is 7.67. The van der Waals surface area contributed by atoms with E-state index >= 15 is 0 Å². The summed E-state index contributed by atoms with van der Waals surface area (Å²) in [6, 6.07) is 1.98. The van der Waals surface area contributed by atoms with Gasteiger partial charge in [-0.1, -0.05) is 36.8 Å². The maximum Gasteiger partial charge on any atom is 0.184 e. The smallest absolute Gasteiger partial charge is 0.184 e. The van der Waals surface area contributed by atoms with Crippen molar-refractivity contribution in [2.24, 2.45) is 0 Å². The van der Waals surface area contributed by atoms with Gasteiger partial charge in [-0.2, -0.15) is 0 Å². The number of aromatic nitrogens is 1. The lowest BCUT2D eigenvalue weighted by molar-refractivity contribution is 0.211. The van der Waals surface area contributed by atoms with Gasteiger partial charge in [0.1, 0.15) is 11.3 Å². The number of thiazole rings is 1. The second-order valence-corrected chi connectivity index (χ2v) is 6.16. The van der Waals surface area contributed by atoms with Crippen molar-refractivity contribution in [3.05, 3.63) is 16.7 Å². The molecule has 0 amide bonds. The average Bonchev–Trinajstić information content (AvgIpc) is 2.83. The lowest BCUT2D eigenvalue weighted by atomic mass is 10.0. The number of ether oxygens (including phenoxy) is 2. The van der Waals surface area contributed by atoms with Crippen LogP contribution in [-0.4, -0.2) is 32.4 Å². The van der Waals surface area contributed by atoms with Crippen LogP contribution in [0.5, 0.6) is 5.75 Å². The lowest BCUT2D eigenvalue weighted by Gasteiger charge is -2.12. The Morgan fingerprint density at radius 1 is 1.40 bits per heavy atom. The number of rotatable bonds is 6. The molecule has 0 spiro atoms. The van der Waals surface area contributed by atoms with Crippen LogP contribution in [0.25, 0.3) is 10.2 Å². The molecule has 0 unspecified atom stereocenters. The van der Waals surface area contributed by atoms with Gasteiger partial charge < -0.3 is 14.8 Å². The minimum Gasteiger partial charge on any atom is -0.494 e. The van der Waals surface area contributed by atoms with Crippen LogP contribution >= 0.6 is 22.9 Å². The zero-order valence-electron chi connectivity index (χ0n) is 12.1. The van der Waals surface area contributed by atoms with Crippen LogP contribution in [0.1, 0.15) is 25.3 Å². The molecule has 2 aromatic rings. The maximum absolute atomic E-state index is 6.37. The molecule has 0 saturated heterocycles. The number of nitrogens with one attached hydrogen (secondary N) is 1. The molecule has 1 aromatic heterocycles. The molecule has 0 aliphatic rings. The summed E-state index contributed by atoms with van der Waals surface area (Å²) in [5, 5.41) is 4.79. The Morgan fingerprint density at radius 2 is 2.15 bits per heavy atom. The molecular weight excluding hydrogens is 296 g/mol. The molecule has 1 aromatic carbocycles. The summed E-state index contributed by atoms with van der Waals surface area (Å²) in [6.45, 7) is 5.58. The van der Waals surface area contributed by atoms with Gasteiger partial charge in [0.25, 0.3) is 0 Å². The highest BCUT2D eigenvalue weighted by atomic mass is 35.5. The van der Waals surface area contributed by atoms with Gasteiger partial charge in [-0.25, -0.2) is 4.98 Å². The molecular formula is C14H19ClN2O2S. The highest BCUT2D eigenvalue weighted by Crippen LogP contribution is 2.42. The highest BCUT2D eigenvalue weighted by molar-refractivity contribution is 7.22. The number of anilines is 1. The Kier molecular flexibility index (Phi) is 5.07. The first kappa shape index (κ1) is 15.4. The van der Waals surface area contributed by atoms with Crippen LogP contribution < -0.4 is 10.1 Å². The molecule has 0 aliphatic carbocycles. The van der Waals surface area contributed by atoms with Crippen molar-refractivity contribution in [2.75, 3.05) is 32.7 Å². The van der Waals surface area contributed by atoms with E-state index in [9.17, 15) is 0 Å². The van der Waals surface area contributed by atoms with Gasteiger partial charge in [-0.3, -0.25) is 0 Å². The molecule has 0 saturated carbocycles. The normalized spacial score (nSPS) is 11.3. The van der Waals surface area contributed by atoms with Crippen LogP contribution in [0.4, 0.5) is 5.13 Å². The third-order valence-electron chi connectivity index (χ3n) is 3.01. The minimum absolute atomic E-state index is 0.332. The van der Waals surface area contributed by atoms with Gasteiger partial charge in [0.05, 0.1) is 23.4 Å².